The molecule has 4 rings (SSSR count). The summed E-state index contributed by atoms with van der Waals surface area (Å²) in [5.41, 5.74) is 3.41. The first-order valence-corrected chi connectivity index (χ1v) is 10.4. The number of benzene rings is 2. The van der Waals surface area contributed by atoms with Gasteiger partial charge in [0, 0.05) is 5.39 Å². The molecule has 27 heavy (non-hydrogen) atoms. The zero-order valence-corrected chi connectivity index (χ0v) is 16.2. The molecule has 1 saturated carbocycles. The summed E-state index contributed by atoms with van der Waals surface area (Å²) in [6.07, 6.45) is 8.44. The lowest BCUT2D eigenvalue weighted by atomic mass is 9.81. The summed E-state index contributed by atoms with van der Waals surface area (Å²) in [5.74, 6) is 2.46. The van der Waals surface area contributed by atoms with Gasteiger partial charge in [-0.2, -0.15) is 0 Å². The molecule has 0 spiro atoms. The van der Waals surface area contributed by atoms with Crippen LogP contribution in [0.25, 0.3) is 10.9 Å². The van der Waals surface area contributed by atoms with Crippen molar-refractivity contribution in [2.75, 3.05) is 0 Å². The summed E-state index contributed by atoms with van der Waals surface area (Å²) in [5, 5.41) is 1.16. The van der Waals surface area contributed by atoms with Crippen molar-refractivity contribution in [3.05, 3.63) is 71.9 Å². The fraction of sp³-hybridized carbons (Fsp3) is 0.400. The molecular formula is C25H29NO. The maximum Gasteiger partial charge on any atom is 0.130 e. The number of ether oxygens (including phenoxy) is 1. The maximum absolute atomic E-state index is 5.96. The molecule has 1 fully saturated rings. The molecule has 1 unspecified atom stereocenters. The van der Waals surface area contributed by atoms with Gasteiger partial charge in [0.05, 0.1) is 11.2 Å². The van der Waals surface area contributed by atoms with E-state index in [1.54, 1.807) is 0 Å². The molecule has 0 N–H and O–H groups in total. The summed E-state index contributed by atoms with van der Waals surface area (Å²) < 4.78 is 5.96. The average Bonchev–Trinajstić information content (AvgIpc) is 2.73. The first-order valence-electron chi connectivity index (χ1n) is 10.4. The van der Waals surface area contributed by atoms with Crippen molar-refractivity contribution < 1.29 is 4.74 Å². The summed E-state index contributed by atoms with van der Waals surface area (Å²) in [7, 11) is 0. The summed E-state index contributed by atoms with van der Waals surface area (Å²) >= 11 is 0. The largest absolute Gasteiger partial charge is 0.487 e. The molecule has 1 atom stereocenters. The van der Waals surface area contributed by atoms with Gasteiger partial charge in [-0.15, -0.1) is 0 Å². The predicted molar refractivity (Wildman–Crippen MR) is 112 cm³/mol. The number of hydrogen-bond donors (Lipinski definition) is 0. The Balaban J connectivity index is 1.34. The number of fused-ring (bicyclic) bond motifs is 1. The highest BCUT2D eigenvalue weighted by Crippen LogP contribution is 2.33. The van der Waals surface area contributed by atoms with Gasteiger partial charge in [0.1, 0.15) is 12.4 Å². The number of aromatic nitrogens is 1. The van der Waals surface area contributed by atoms with E-state index >= 15 is 0 Å². The van der Waals surface area contributed by atoms with Crippen LogP contribution in [0, 0.1) is 5.92 Å². The van der Waals surface area contributed by atoms with Crippen molar-refractivity contribution in [2.45, 2.75) is 58.0 Å². The van der Waals surface area contributed by atoms with Crippen LogP contribution in [-0.2, 0) is 6.61 Å². The van der Waals surface area contributed by atoms with Gasteiger partial charge in [0.25, 0.3) is 0 Å². The van der Waals surface area contributed by atoms with E-state index in [0.717, 1.165) is 28.3 Å². The quantitative estimate of drug-likeness (QED) is 0.478. The number of nitrogens with zero attached hydrogens (tertiary/aromatic N) is 1. The van der Waals surface area contributed by atoms with Gasteiger partial charge in [0.2, 0.25) is 0 Å². The van der Waals surface area contributed by atoms with Crippen LogP contribution in [0.4, 0.5) is 0 Å². The van der Waals surface area contributed by atoms with Gasteiger partial charge in [-0.1, -0.05) is 75.4 Å². The predicted octanol–water partition coefficient (Wildman–Crippen LogP) is 6.89. The van der Waals surface area contributed by atoms with Gasteiger partial charge in [-0.25, -0.2) is 4.98 Å². The molecular weight excluding hydrogens is 330 g/mol. The third-order valence-corrected chi connectivity index (χ3v) is 5.90. The minimum atomic E-state index is 0.502. The summed E-state index contributed by atoms with van der Waals surface area (Å²) in [4.78, 5) is 4.68. The normalized spacial score (nSPS) is 16.3. The van der Waals surface area contributed by atoms with Crippen LogP contribution in [0.2, 0.25) is 0 Å². The van der Waals surface area contributed by atoms with E-state index in [1.807, 2.05) is 24.3 Å². The molecule has 1 heterocycles. The van der Waals surface area contributed by atoms with E-state index in [2.05, 4.69) is 48.3 Å². The summed E-state index contributed by atoms with van der Waals surface area (Å²) in [6.45, 7) is 2.87. The van der Waals surface area contributed by atoms with Crippen molar-refractivity contribution in [1.29, 1.82) is 0 Å². The lowest BCUT2D eigenvalue weighted by Gasteiger charge is -2.24. The van der Waals surface area contributed by atoms with Crippen LogP contribution in [-0.4, -0.2) is 4.98 Å². The third-order valence-electron chi connectivity index (χ3n) is 5.90. The number of pyridine rings is 1. The van der Waals surface area contributed by atoms with Crippen LogP contribution in [0.1, 0.15) is 62.6 Å². The lowest BCUT2D eigenvalue weighted by molar-refractivity contribution is 0.301. The highest BCUT2D eigenvalue weighted by atomic mass is 16.5. The zero-order valence-electron chi connectivity index (χ0n) is 16.2. The Bertz CT molecular complexity index is 865. The first-order chi connectivity index (χ1) is 13.3. The fourth-order valence-electron chi connectivity index (χ4n) is 4.30. The van der Waals surface area contributed by atoms with E-state index in [4.69, 9.17) is 4.74 Å². The van der Waals surface area contributed by atoms with Crippen LogP contribution in [0.5, 0.6) is 5.75 Å². The van der Waals surface area contributed by atoms with Crippen LogP contribution in [0.3, 0.4) is 0 Å². The standard InChI is InChI=1S/C25H29NO/c1-19(17-20-7-3-2-4-8-20)21-12-15-24(16-13-21)27-18-23-14-11-22-9-5-6-10-25(22)26-23/h5-6,9-16,19-20H,2-4,7-8,17-18H2,1H3. The zero-order chi connectivity index (χ0) is 18.5. The molecule has 2 heteroatoms. The Morgan fingerprint density at radius 1 is 0.926 bits per heavy atom. The van der Waals surface area contributed by atoms with E-state index in [9.17, 15) is 0 Å². The van der Waals surface area contributed by atoms with Crippen molar-refractivity contribution in [2.24, 2.45) is 5.92 Å². The van der Waals surface area contributed by atoms with Gasteiger partial charge >= 0.3 is 0 Å². The second-order valence-corrected chi connectivity index (χ2v) is 7.99. The number of para-hydroxylation sites is 1. The molecule has 0 amide bonds. The Hall–Kier alpha value is -2.35. The molecule has 0 aliphatic heterocycles. The molecule has 1 aromatic heterocycles. The van der Waals surface area contributed by atoms with Crippen molar-refractivity contribution >= 4 is 10.9 Å². The molecule has 2 aromatic carbocycles. The van der Waals surface area contributed by atoms with Gasteiger partial charge < -0.3 is 4.74 Å². The first kappa shape index (κ1) is 18.0. The fourth-order valence-corrected chi connectivity index (χ4v) is 4.30. The highest BCUT2D eigenvalue weighted by Gasteiger charge is 2.17. The van der Waals surface area contributed by atoms with Gasteiger partial charge in [-0.05, 0) is 48.1 Å². The molecule has 0 bridgehead atoms. The second-order valence-electron chi connectivity index (χ2n) is 7.99. The highest BCUT2D eigenvalue weighted by molar-refractivity contribution is 5.78. The monoisotopic (exact) mass is 359 g/mol. The minimum Gasteiger partial charge on any atom is -0.487 e. The van der Waals surface area contributed by atoms with E-state index in [0.29, 0.717) is 12.5 Å². The van der Waals surface area contributed by atoms with Crippen LogP contribution >= 0.6 is 0 Å². The molecule has 0 radical (unpaired) electrons. The average molecular weight is 360 g/mol. The molecule has 1 aliphatic rings. The van der Waals surface area contributed by atoms with Crippen molar-refractivity contribution in [3.63, 3.8) is 0 Å². The topological polar surface area (TPSA) is 22.1 Å². The number of hydrogen-bond acceptors (Lipinski definition) is 2. The Kier molecular flexibility index (Phi) is 5.72. The number of rotatable bonds is 6. The van der Waals surface area contributed by atoms with Gasteiger partial charge in [-0.3, -0.25) is 0 Å². The van der Waals surface area contributed by atoms with Crippen LogP contribution in [0.15, 0.2) is 60.7 Å². The molecule has 1 aliphatic carbocycles. The van der Waals surface area contributed by atoms with E-state index < -0.39 is 0 Å². The molecule has 2 nitrogen and oxygen atoms in total. The molecule has 140 valence electrons. The Morgan fingerprint density at radius 3 is 2.52 bits per heavy atom. The smallest absolute Gasteiger partial charge is 0.130 e. The SMILES string of the molecule is CC(CC1CCCCC1)c1ccc(OCc2ccc3ccccc3n2)cc1. The Morgan fingerprint density at radius 2 is 1.70 bits per heavy atom. The van der Waals surface area contributed by atoms with E-state index in [-0.39, 0.29) is 0 Å². The lowest BCUT2D eigenvalue weighted by Crippen LogP contribution is -2.09. The van der Waals surface area contributed by atoms with E-state index in [1.165, 1.54) is 44.1 Å². The van der Waals surface area contributed by atoms with Gasteiger partial charge in [0.15, 0.2) is 0 Å². The van der Waals surface area contributed by atoms with Crippen molar-refractivity contribution in [1.82, 2.24) is 4.98 Å². The second kappa shape index (κ2) is 8.56. The molecule has 3 aromatic rings. The van der Waals surface area contributed by atoms with Crippen LogP contribution < -0.4 is 4.74 Å². The maximum atomic E-state index is 5.96. The minimum absolute atomic E-state index is 0.502. The van der Waals surface area contributed by atoms with Crippen molar-refractivity contribution in [3.8, 4) is 5.75 Å². The molecule has 0 saturated heterocycles. The Labute approximate surface area is 162 Å². The third kappa shape index (κ3) is 4.68. The summed E-state index contributed by atoms with van der Waals surface area (Å²) in [6, 6.07) is 21.0.